The van der Waals surface area contributed by atoms with Gasteiger partial charge >= 0.3 is 0 Å². The SMILES string of the molecule is CCC(CC)C(=O)NS(=O)(=O)c1ccc(Cl)cc1N. The van der Waals surface area contributed by atoms with Gasteiger partial charge in [-0.2, -0.15) is 0 Å². The van der Waals surface area contributed by atoms with Crippen LogP contribution in [0.25, 0.3) is 0 Å². The van der Waals surface area contributed by atoms with Gasteiger partial charge in [0.1, 0.15) is 4.90 Å². The van der Waals surface area contributed by atoms with Crippen LogP contribution in [0, 0.1) is 5.92 Å². The van der Waals surface area contributed by atoms with Crippen molar-refractivity contribution in [1.82, 2.24) is 4.72 Å². The molecule has 0 unspecified atom stereocenters. The van der Waals surface area contributed by atoms with Gasteiger partial charge in [-0.05, 0) is 31.0 Å². The minimum absolute atomic E-state index is 0.0114. The zero-order valence-corrected chi connectivity index (χ0v) is 12.4. The van der Waals surface area contributed by atoms with Gasteiger partial charge in [0, 0.05) is 10.9 Å². The highest BCUT2D eigenvalue weighted by atomic mass is 35.5. The summed E-state index contributed by atoms with van der Waals surface area (Å²) in [6, 6.07) is 4.02. The normalized spacial score (nSPS) is 11.6. The third-order valence-corrected chi connectivity index (χ3v) is 4.51. The molecule has 5 nitrogen and oxygen atoms in total. The topological polar surface area (TPSA) is 89.3 Å². The first kappa shape index (κ1) is 15.8. The number of carbonyl (C=O) groups excluding carboxylic acids is 1. The first-order chi connectivity index (χ1) is 8.81. The van der Waals surface area contributed by atoms with Crippen molar-refractivity contribution in [2.24, 2.45) is 5.92 Å². The lowest BCUT2D eigenvalue weighted by Gasteiger charge is -2.14. The molecular formula is C12H17ClN2O3S. The maximum absolute atomic E-state index is 12.1. The Kier molecular flexibility index (Phi) is 5.20. The molecule has 0 aliphatic heterocycles. The third-order valence-electron chi connectivity index (χ3n) is 2.85. The van der Waals surface area contributed by atoms with E-state index in [4.69, 9.17) is 17.3 Å². The first-order valence-electron chi connectivity index (χ1n) is 5.93. The van der Waals surface area contributed by atoms with E-state index < -0.39 is 15.9 Å². The van der Waals surface area contributed by atoms with Crippen molar-refractivity contribution in [3.8, 4) is 0 Å². The average Bonchev–Trinajstić information content (AvgIpc) is 2.29. The highest BCUT2D eigenvalue weighted by Gasteiger charge is 2.24. The van der Waals surface area contributed by atoms with E-state index in [0.29, 0.717) is 17.9 Å². The maximum atomic E-state index is 12.1. The predicted octanol–water partition coefficient (Wildman–Crippen LogP) is 2.16. The van der Waals surface area contributed by atoms with E-state index in [2.05, 4.69) is 0 Å². The molecule has 0 saturated carbocycles. The molecule has 0 saturated heterocycles. The van der Waals surface area contributed by atoms with Crippen LogP contribution in [0.5, 0.6) is 0 Å². The number of amides is 1. The molecule has 0 spiro atoms. The second kappa shape index (κ2) is 6.25. The first-order valence-corrected chi connectivity index (χ1v) is 7.79. The highest BCUT2D eigenvalue weighted by molar-refractivity contribution is 7.90. The molecule has 0 atom stereocenters. The van der Waals surface area contributed by atoms with Crippen molar-refractivity contribution in [3.05, 3.63) is 23.2 Å². The molecule has 0 aliphatic rings. The number of rotatable bonds is 5. The molecular weight excluding hydrogens is 288 g/mol. The van der Waals surface area contributed by atoms with Gasteiger partial charge in [-0.15, -0.1) is 0 Å². The molecule has 0 bridgehead atoms. The fourth-order valence-corrected chi connectivity index (χ4v) is 3.03. The summed E-state index contributed by atoms with van der Waals surface area (Å²) in [5.41, 5.74) is 5.62. The Morgan fingerprint density at radius 1 is 1.37 bits per heavy atom. The second-order valence-corrected chi connectivity index (χ2v) is 6.25. The number of anilines is 1. The monoisotopic (exact) mass is 304 g/mol. The number of nitrogen functional groups attached to an aromatic ring is 1. The zero-order valence-electron chi connectivity index (χ0n) is 10.8. The Morgan fingerprint density at radius 2 is 1.95 bits per heavy atom. The molecule has 0 fully saturated rings. The number of halogens is 1. The molecule has 7 heteroatoms. The molecule has 0 radical (unpaired) electrons. The molecule has 1 rings (SSSR count). The number of sulfonamides is 1. The van der Waals surface area contributed by atoms with Gasteiger partial charge in [0.25, 0.3) is 10.0 Å². The molecule has 1 aromatic carbocycles. The van der Waals surface area contributed by atoms with Crippen LogP contribution in [-0.2, 0) is 14.8 Å². The summed E-state index contributed by atoms with van der Waals surface area (Å²) in [4.78, 5) is 11.7. The molecule has 3 N–H and O–H groups in total. The van der Waals surface area contributed by atoms with Gasteiger partial charge in [-0.25, -0.2) is 13.1 Å². The Bertz CT molecular complexity index is 568. The number of nitrogens with two attached hydrogens (primary N) is 1. The van der Waals surface area contributed by atoms with Gasteiger partial charge in [0.2, 0.25) is 5.91 Å². The van der Waals surface area contributed by atoms with Gasteiger partial charge in [-0.3, -0.25) is 4.79 Å². The third kappa shape index (κ3) is 3.84. The maximum Gasteiger partial charge on any atom is 0.266 e. The lowest BCUT2D eigenvalue weighted by atomic mass is 10.0. The van der Waals surface area contributed by atoms with E-state index in [1.807, 2.05) is 18.6 Å². The summed E-state index contributed by atoms with van der Waals surface area (Å²) in [6.45, 7) is 3.66. The molecule has 1 aromatic rings. The van der Waals surface area contributed by atoms with Crippen LogP contribution in [0.2, 0.25) is 5.02 Å². The summed E-state index contributed by atoms with van der Waals surface area (Å²) in [7, 11) is -3.96. The molecule has 106 valence electrons. The minimum Gasteiger partial charge on any atom is -0.398 e. The van der Waals surface area contributed by atoms with Crippen LogP contribution in [0.4, 0.5) is 5.69 Å². The van der Waals surface area contributed by atoms with Crippen LogP contribution in [0.1, 0.15) is 26.7 Å². The van der Waals surface area contributed by atoms with E-state index in [-0.39, 0.29) is 16.5 Å². The fourth-order valence-electron chi connectivity index (χ4n) is 1.69. The number of nitrogens with one attached hydrogen (secondary N) is 1. The van der Waals surface area contributed by atoms with Crippen molar-refractivity contribution in [1.29, 1.82) is 0 Å². The van der Waals surface area contributed by atoms with Crippen LogP contribution < -0.4 is 10.5 Å². The van der Waals surface area contributed by atoms with E-state index >= 15 is 0 Å². The zero-order chi connectivity index (χ0) is 14.6. The van der Waals surface area contributed by atoms with Crippen molar-refractivity contribution < 1.29 is 13.2 Å². The number of carbonyl (C=O) groups is 1. The standard InChI is InChI=1S/C12H17ClN2O3S/c1-3-8(4-2)12(16)15-19(17,18)11-6-5-9(13)7-10(11)14/h5-8H,3-4,14H2,1-2H3,(H,15,16). The second-order valence-electron chi connectivity index (χ2n) is 4.17. The van der Waals surface area contributed by atoms with Crippen molar-refractivity contribution in [2.75, 3.05) is 5.73 Å². The Hall–Kier alpha value is -1.27. The largest absolute Gasteiger partial charge is 0.398 e. The van der Waals surface area contributed by atoms with E-state index in [9.17, 15) is 13.2 Å². The van der Waals surface area contributed by atoms with Crippen molar-refractivity contribution >= 4 is 33.2 Å². The summed E-state index contributed by atoms with van der Waals surface area (Å²) >= 11 is 5.71. The molecule has 0 aromatic heterocycles. The van der Waals surface area contributed by atoms with E-state index in [1.165, 1.54) is 18.2 Å². The van der Waals surface area contributed by atoms with E-state index in [1.54, 1.807) is 0 Å². The number of hydrogen-bond donors (Lipinski definition) is 2. The summed E-state index contributed by atoms with van der Waals surface area (Å²) < 4.78 is 26.2. The summed E-state index contributed by atoms with van der Waals surface area (Å²) in [5.74, 6) is -0.845. The Balaban J connectivity index is 3.02. The molecule has 0 heterocycles. The fraction of sp³-hybridized carbons (Fsp3) is 0.417. The Labute approximate surface area is 118 Å². The number of hydrogen-bond acceptors (Lipinski definition) is 4. The minimum atomic E-state index is -3.96. The van der Waals surface area contributed by atoms with Gasteiger partial charge in [0.15, 0.2) is 0 Å². The highest BCUT2D eigenvalue weighted by Crippen LogP contribution is 2.22. The predicted molar refractivity (Wildman–Crippen MR) is 75.3 cm³/mol. The molecule has 1 amide bonds. The van der Waals surface area contributed by atoms with Crippen molar-refractivity contribution in [2.45, 2.75) is 31.6 Å². The lowest BCUT2D eigenvalue weighted by Crippen LogP contribution is -2.35. The lowest BCUT2D eigenvalue weighted by molar-refractivity contribution is -0.123. The van der Waals surface area contributed by atoms with Gasteiger partial charge < -0.3 is 5.73 Å². The quantitative estimate of drug-likeness (QED) is 0.816. The summed E-state index contributed by atoms with van der Waals surface area (Å²) in [6.07, 6.45) is 1.15. The van der Waals surface area contributed by atoms with Crippen LogP contribution in [0.15, 0.2) is 23.1 Å². The van der Waals surface area contributed by atoms with Crippen LogP contribution in [0.3, 0.4) is 0 Å². The van der Waals surface area contributed by atoms with Crippen molar-refractivity contribution in [3.63, 3.8) is 0 Å². The van der Waals surface area contributed by atoms with E-state index in [0.717, 1.165) is 0 Å². The van der Waals surface area contributed by atoms with Crippen LogP contribution in [-0.4, -0.2) is 14.3 Å². The number of benzene rings is 1. The van der Waals surface area contributed by atoms with Gasteiger partial charge in [-0.1, -0.05) is 25.4 Å². The molecule has 19 heavy (non-hydrogen) atoms. The van der Waals surface area contributed by atoms with Crippen LogP contribution >= 0.6 is 11.6 Å². The Morgan fingerprint density at radius 3 is 2.42 bits per heavy atom. The summed E-state index contributed by atoms with van der Waals surface area (Å²) in [5, 5.41) is 0.336. The average molecular weight is 305 g/mol. The molecule has 0 aliphatic carbocycles. The van der Waals surface area contributed by atoms with Gasteiger partial charge in [0.05, 0.1) is 5.69 Å². The smallest absolute Gasteiger partial charge is 0.266 e.